The summed E-state index contributed by atoms with van der Waals surface area (Å²) in [4.78, 5) is 13.0. The molecule has 0 bridgehead atoms. The van der Waals surface area contributed by atoms with E-state index in [0.717, 1.165) is 44.1 Å². The van der Waals surface area contributed by atoms with Gasteiger partial charge < -0.3 is 10.6 Å². The molecule has 2 N–H and O–H groups in total. The first-order valence-electron chi connectivity index (χ1n) is 7.69. The van der Waals surface area contributed by atoms with Gasteiger partial charge in [0.15, 0.2) is 5.96 Å². The topological polar surface area (TPSA) is 62.2 Å². The van der Waals surface area contributed by atoms with Gasteiger partial charge in [0.1, 0.15) is 0 Å². The number of aromatic nitrogens is 2. The Bertz CT molecular complexity index is 560. The van der Waals surface area contributed by atoms with Gasteiger partial charge in [-0.05, 0) is 37.1 Å². The van der Waals surface area contributed by atoms with Gasteiger partial charge in [0.2, 0.25) is 0 Å². The molecule has 0 amide bonds. The van der Waals surface area contributed by atoms with Crippen LogP contribution in [0.3, 0.4) is 0 Å². The molecule has 0 aliphatic heterocycles. The van der Waals surface area contributed by atoms with Crippen molar-refractivity contribution in [3.63, 3.8) is 0 Å². The lowest BCUT2D eigenvalue weighted by Gasteiger charge is -2.11. The molecule has 2 aromatic heterocycles. The quantitative estimate of drug-likeness (QED) is 0.407. The van der Waals surface area contributed by atoms with Gasteiger partial charge in [0.05, 0.1) is 0 Å². The molecule has 0 fully saturated rings. The number of hydrogen-bond acceptors (Lipinski definition) is 3. The summed E-state index contributed by atoms with van der Waals surface area (Å²) >= 11 is 0. The lowest BCUT2D eigenvalue weighted by atomic mass is 10.2. The molecule has 2 aromatic rings. The number of hydrogen-bond donors (Lipinski definition) is 2. The van der Waals surface area contributed by atoms with Crippen LogP contribution < -0.4 is 10.6 Å². The van der Waals surface area contributed by atoms with Crippen LogP contribution in [0.15, 0.2) is 53.9 Å². The molecular weight excluding hydrogens is 401 g/mol. The zero-order chi connectivity index (χ0) is 15.5. The lowest BCUT2D eigenvalue weighted by molar-refractivity contribution is 0.792. The molecule has 0 unspecified atom stereocenters. The Labute approximate surface area is 155 Å². The van der Waals surface area contributed by atoms with Crippen LogP contribution >= 0.6 is 24.0 Å². The average Bonchev–Trinajstić information content (AvgIpc) is 2.57. The molecule has 0 radical (unpaired) electrons. The zero-order valence-electron chi connectivity index (χ0n) is 13.4. The third-order valence-electron chi connectivity index (χ3n) is 3.14. The first kappa shape index (κ1) is 19.3. The molecule has 6 heteroatoms. The van der Waals surface area contributed by atoms with Crippen LogP contribution in [-0.4, -0.2) is 35.6 Å². The highest BCUT2D eigenvalue weighted by Crippen LogP contribution is 1.96. The number of aliphatic imine (C=N–C) groups is 1. The summed E-state index contributed by atoms with van der Waals surface area (Å²) in [6.45, 7) is 4.47. The molecular formula is C17H24IN5. The van der Waals surface area contributed by atoms with E-state index in [1.165, 1.54) is 5.56 Å². The van der Waals surface area contributed by atoms with Crippen LogP contribution in [0.5, 0.6) is 0 Å². The number of nitrogens with one attached hydrogen (secondary N) is 2. The average molecular weight is 425 g/mol. The van der Waals surface area contributed by atoms with Crippen molar-refractivity contribution in [2.75, 3.05) is 19.6 Å². The van der Waals surface area contributed by atoms with E-state index in [-0.39, 0.29) is 24.0 Å². The fourth-order valence-corrected chi connectivity index (χ4v) is 2.04. The first-order valence-corrected chi connectivity index (χ1v) is 7.69. The predicted octanol–water partition coefficient (Wildman–Crippen LogP) is 2.43. The highest BCUT2D eigenvalue weighted by molar-refractivity contribution is 14.0. The minimum Gasteiger partial charge on any atom is -0.357 e. The number of guanidine groups is 1. The SMILES string of the molecule is CCNC(=NCCc1ccccn1)NCCc1cccnc1.I. The molecule has 5 nitrogen and oxygen atoms in total. The third-order valence-corrected chi connectivity index (χ3v) is 3.14. The van der Waals surface area contributed by atoms with Crippen LogP contribution in [-0.2, 0) is 12.8 Å². The van der Waals surface area contributed by atoms with E-state index < -0.39 is 0 Å². The van der Waals surface area contributed by atoms with Crippen molar-refractivity contribution in [3.8, 4) is 0 Å². The third kappa shape index (κ3) is 7.92. The number of rotatable bonds is 7. The summed E-state index contributed by atoms with van der Waals surface area (Å²) in [6.07, 6.45) is 7.28. The Hall–Kier alpha value is -1.70. The van der Waals surface area contributed by atoms with Crippen molar-refractivity contribution in [3.05, 3.63) is 60.2 Å². The van der Waals surface area contributed by atoms with Gasteiger partial charge in [-0.3, -0.25) is 15.0 Å². The zero-order valence-corrected chi connectivity index (χ0v) is 15.7. The molecule has 0 aromatic carbocycles. The molecule has 124 valence electrons. The van der Waals surface area contributed by atoms with Crippen molar-refractivity contribution in [1.82, 2.24) is 20.6 Å². The maximum atomic E-state index is 4.58. The smallest absolute Gasteiger partial charge is 0.191 e. The van der Waals surface area contributed by atoms with Crippen molar-refractivity contribution < 1.29 is 0 Å². The van der Waals surface area contributed by atoms with Gasteiger partial charge in [-0.25, -0.2) is 0 Å². The van der Waals surface area contributed by atoms with Crippen LogP contribution in [0, 0.1) is 0 Å². The molecule has 2 heterocycles. The van der Waals surface area contributed by atoms with E-state index in [2.05, 4.69) is 38.6 Å². The fourth-order valence-electron chi connectivity index (χ4n) is 2.04. The van der Waals surface area contributed by atoms with Gasteiger partial charge in [-0.1, -0.05) is 12.1 Å². The second-order valence-corrected chi connectivity index (χ2v) is 4.87. The van der Waals surface area contributed by atoms with Crippen molar-refractivity contribution in [1.29, 1.82) is 0 Å². The normalized spacial score (nSPS) is 10.7. The predicted molar refractivity (Wildman–Crippen MR) is 105 cm³/mol. The molecule has 0 spiro atoms. The molecule has 0 saturated heterocycles. The second kappa shape index (κ2) is 11.8. The molecule has 0 atom stereocenters. The summed E-state index contributed by atoms with van der Waals surface area (Å²) in [5.41, 5.74) is 2.29. The number of halogens is 1. The highest BCUT2D eigenvalue weighted by Gasteiger charge is 1.98. The minimum atomic E-state index is 0. The molecule has 2 rings (SSSR count). The molecule has 23 heavy (non-hydrogen) atoms. The lowest BCUT2D eigenvalue weighted by Crippen LogP contribution is -2.38. The van der Waals surface area contributed by atoms with Crippen LogP contribution in [0.1, 0.15) is 18.2 Å². The van der Waals surface area contributed by atoms with Gasteiger partial charge in [-0.2, -0.15) is 0 Å². The monoisotopic (exact) mass is 425 g/mol. The largest absolute Gasteiger partial charge is 0.357 e. The maximum absolute atomic E-state index is 4.58. The molecule has 0 aliphatic carbocycles. The van der Waals surface area contributed by atoms with Gasteiger partial charge in [0.25, 0.3) is 0 Å². The van der Waals surface area contributed by atoms with Crippen LogP contribution in [0.4, 0.5) is 0 Å². The van der Waals surface area contributed by atoms with E-state index in [1.807, 2.05) is 36.7 Å². The van der Waals surface area contributed by atoms with Gasteiger partial charge in [-0.15, -0.1) is 24.0 Å². The first-order chi connectivity index (χ1) is 10.9. The van der Waals surface area contributed by atoms with Gasteiger partial charge >= 0.3 is 0 Å². The summed E-state index contributed by atoms with van der Waals surface area (Å²) in [5, 5.41) is 6.60. The second-order valence-electron chi connectivity index (χ2n) is 4.87. The maximum Gasteiger partial charge on any atom is 0.191 e. The Morgan fingerprint density at radius 2 is 2.00 bits per heavy atom. The Morgan fingerprint density at radius 1 is 1.09 bits per heavy atom. The van der Waals surface area contributed by atoms with Crippen LogP contribution in [0.2, 0.25) is 0 Å². The number of nitrogens with zero attached hydrogens (tertiary/aromatic N) is 3. The molecule has 0 saturated carbocycles. The summed E-state index contributed by atoms with van der Waals surface area (Å²) in [5.74, 6) is 0.849. The summed E-state index contributed by atoms with van der Waals surface area (Å²) < 4.78 is 0. The summed E-state index contributed by atoms with van der Waals surface area (Å²) in [7, 11) is 0. The highest BCUT2D eigenvalue weighted by atomic mass is 127. The van der Waals surface area contributed by atoms with E-state index in [9.17, 15) is 0 Å². The van der Waals surface area contributed by atoms with E-state index in [0.29, 0.717) is 0 Å². The van der Waals surface area contributed by atoms with E-state index >= 15 is 0 Å². The summed E-state index contributed by atoms with van der Waals surface area (Å²) in [6, 6.07) is 10.00. The Morgan fingerprint density at radius 3 is 2.70 bits per heavy atom. The van der Waals surface area contributed by atoms with Crippen LogP contribution in [0.25, 0.3) is 0 Å². The molecule has 0 aliphatic rings. The Kier molecular flexibility index (Phi) is 9.94. The van der Waals surface area contributed by atoms with Crippen molar-refractivity contribution in [2.45, 2.75) is 19.8 Å². The Balaban J connectivity index is 0.00000264. The minimum absolute atomic E-state index is 0. The van der Waals surface area contributed by atoms with Crippen molar-refractivity contribution in [2.24, 2.45) is 4.99 Å². The van der Waals surface area contributed by atoms with E-state index in [4.69, 9.17) is 0 Å². The van der Waals surface area contributed by atoms with Crippen molar-refractivity contribution >= 4 is 29.9 Å². The van der Waals surface area contributed by atoms with Gasteiger partial charge in [0, 0.05) is 50.3 Å². The standard InChI is InChI=1S/C17H23N5.HI/c1-2-19-17(21-12-8-15-6-5-10-18-14-15)22-13-9-16-7-3-4-11-20-16;/h3-7,10-11,14H,2,8-9,12-13H2,1H3,(H2,19,21,22);1H. The van der Waals surface area contributed by atoms with E-state index in [1.54, 1.807) is 6.20 Å². The fraction of sp³-hybridized carbons (Fsp3) is 0.353. The number of pyridine rings is 2.